The largest absolute Gasteiger partial charge is 0.375 e. The number of hydrogen-bond donors (Lipinski definition) is 1. The first-order chi connectivity index (χ1) is 13.9. The van der Waals surface area contributed by atoms with Crippen LogP contribution in [0.4, 0.5) is 0 Å². The molecule has 1 aromatic carbocycles. The van der Waals surface area contributed by atoms with Gasteiger partial charge in [0.05, 0.1) is 19.3 Å². The lowest BCUT2D eigenvalue weighted by molar-refractivity contribution is -0.0282. The number of fused-ring (bicyclic) bond motifs is 1. The Bertz CT molecular complexity index is 911. The van der Waals surface area contributed by atoms with Gasteiger partial charge in [-0.15, -0.1) is 5.10 Å². The van der Waals surface area contributed by atoms with Crippen molar-refractivity contribution in [1.29, 1.82) is 0 Å². The third-order valence-corrected chi connectivity index (χ3v) is 5.76. The van der Waals surface area contributed by atoms with Gasteiger partial charge in [0.25, 0.3) is 0 Å². The van der Waals surface area contributed by atoms with E-state index >= 15 is 0 Å². The van der Waals surface area contributed by atoms with Crippen molar-refractivity contribution in [2.24, 2.45) is 0 Å². The lowest BCUT2D eigenvalue weighted by atomic mass is 9.82. The molecule has 2 fully saturated rings. The number of benzene rings is 1. The molecule has 1 saturated carbocycles. The van der Waals surface area contributed by atoms with Gasteiger partial charge in [-0.2, -0.15) is 0 Å². The maximum atomic E-state index is 5.95. The van der Waals surface area contributed by atoms with Gasteiger partial charge in [0, 0.05) is 24.7 Å². The van der Waals surface area contributed by atoms with Gasteiger partial charge in [0.1, 0.15) is 11.5 Å². The van der Waals surface area contributed by atoms with Crippen LogP contribution in [-0.4, -0.2) is 45.0 Å². The van der Waals surface area contributed by atoms with E-state index in [0.29, 0.717) is 23.9 Å². The average molecular weight is 375 g/mol. The lowest BCUT2D eigenvalue weighted by Crippen LogP contribution is -2.51. The number of hydrogen-bond acceptors (Lipinski definition) is 5. The fourth-order valence-electron chi connectivity index (χ4n) is 4.38. The van der Waals surface area contributed by atoms with Gasteiger partial charge < -0.3 is 10.1 Å². The van der Waals surface area contributed by atoms with Gasteiger partial charge >= 0.3 is 0 Å². The first kappa shape index (κ1) is 17.5. The van der Waals surface area contributed by atoms with Gasteiger partial charge in [-0.05, 0) is 37.0 Å². The summed E-state index contributed by atoms with van der Waals surface area (Å²) in [6.07, 6.45) is 5.32. The summed E-state index contributed by atoms with van der Waals surface area (Å²) in [4.78, 5) is 9.41. The fourth-order valence-corrected chi connectivity index (χ4v) is 4.38. The molecule has 3 aromatic rings. The molecule has 2 aliphatic rings. The quantitative estimate of drug-likeness (QED) is 0.759. The summed E-state index contributed by atoms with van der Waals surface area (Å²) in [5, 5.41) is 8.48. The second kappa shape index (κ2) is 7.81. The zero-order valence-electron chi connectivity index (χ0n) is 15.9. The van der Waals surface area contributed by atoms with Crippen molar-refractivity contribution in [3.05, 3.63) is 66.1 Å². The molecule has 6 nitrogen and oxygen atoms in total. The smallest absolute Gasteiger partial charge is 0.200 e. The summed E-state index contributed by atoms with van der Waals surface area (Å²) in [6, 6.07) is 16.7. The second-order valence-electron chi connectivity index (χ2n) is 7.63. The van der Waals surface area contributed by atoms with Crippen molar-refractivity contribution >= 4 is 0 Å². The SMILES string of the molecule is c1ccc(Cn2nc(-c3ccccn3)nc2[C@H]2CC[C@H]3OCCN[C@@H]3C2)cc1. The second-order valence-corrected chi connectivity index (χ2v) is 7.63. The summed E-state index contributed by atoms with van der Waals surface area (Å²) < 4.78 is 8.03. The molecule has 0 spiro atoms. The van der Waals surface area contributed by atoms with Crippen LogP contribution >= 0.6 is 0 Å². The molecule has 3 heterocycles. The number of ether oxygens (including phenoxy) is 1. The molecule has 2 aromatic heterocycles. The van der Waals surface area contributed by atoms with Gasteiger partial charge in [0.15, 0.2) is 5.82 Å². The van der Waals surface area contributed by atoms with E-state index in [1.807, 2.05) is 24.3 Å². The van der Waals surface area contributed by atoms with E-state index in [2.05, 4.69) is 39.2 Å². The topological polar surface area (TPSA) is 64.9 Å². The highest BCUT2D eigenvalue weighted by molar-refractivity contribution is 5.48. The molecule has 0 unspecified atom stereocenters. The molecular formula is C22H25N5O. The van der Waals surface area contributed by atoms with Crippen molar-refractivity contribution in [2.75, 3.05) is 13.2 Å². The Hall–Kier alpha value is -2.57. The zero-order chi connectivity index (χ0) is 18.8. The molecule has 28 heavy (non-hydrogen) atoms. The summed E-state index contributed by atoms with van der Waals surface area (Å²) in [7, 11) is 0. The van der Waals surface area contributed by atoms with Crippen LogP contribution in [0, 0.1) is 0 Å². The van der Waals surface area contributed by atoms with E-state index in [1.165, 1.54) is 5.56 Å². The van der Waals surface area contributed by atoms with Crippen LogP contribution in [0.25, 0.3) is 11.5 Å². The predicted octanol–water partition coefficient (Wildman–Crippen LogP) is 3.01. The minimum absolute atomic E-state index is 0.339. The van der Waals surface area contributed by atoms with Crippen molar-refractivity contribution in [3.8, 4) is 11.5 Å². The van der Waals surface area contributed by atoms with Crippen LogP contribution in [0.3, 0.4) is 0 Å². The van der Waals surface area contributed by atoms with Crippen LogP contribution in [0.15, 0.2) is 54.7 Å². The molecule has 3 atom stereocenters. The number of pyridine rings is 1. The molecule has 6 heteroatoms. The maximum Gasteiger partial charge on any atom is 0.200 e. The van der Waals surface area contributed by atoms with E-state index in [-0.39, 0.29) is 0 Å². The van der Waals surface area contributed by atoms with Gasteiger partial charge in [-0.25, -0.2) is 9.67 Å². The van der Waals surface area contributed by atoms with Crippen LogP contribution in [0.5, 0.6) is 0 Å². The minimum Gasteiger partial charge on any atom is -0.375 e. The highest BCUT2D eigenvalue weighted by Gasteiger charge is 2.35. The Morgan fingerprint density at radius 3 is 2.82 bits per heavy atom. The Balaban J connectivity index is 1.47. The van der Waals surface area contributed by atoms with Gasteiger partial charge in [-0.1, -0.05) is 36.4 Å². The van der Waals surface area contributed by atoms with Crippen LogP contribution in [0.1, 0.15) is 36.6 Å². The summed E-state index contributed by atoms with van der Waals surface area (Å²) in [5.74, 6) is 2.15. The average Bonchev–Trinajstić information content (AvgIpc) is 3.18. The molecular weight excluding hydrogens is 350 g/mol. The molecule has 0 amide bonds. The number of morpholine rings is 1. The van der Waals surface area contributed by atoms with E-state index in [1.54, 1.807) is 6.20 Å². The fraction of sp³-hybridized carbons (Fsp3) is 0.409. The Kier molecular flexibility index (Phi) is 4.89. The Morgan fingerprint density at radius 2 is 1.96 bits per heavy atom. The molecule has 1 aliphatic heterocycles. The summed E-state index contributed by atoms with van der Waals surface area (Å²) in [6.45, 7) is 2.48. The van der Waals surface area contributed by atoms with E-state index in [9.17, 15) is 0 Å². The van der Waals surface area contributed by atoms with Crippen molar-refractivity contribution < 1.29 is 4.74 Å². The zero-order valence-corrected chi connectivity index (χ0v) is 15.9. The van der Waals surface area contributed by atoms with Gasteiger partial charge in [0.2, 0.25) is 0 Å². The molecule has 1 aliphatic carbocycles. The normalized spacial score (nSPS) is 24.6. The summed E-state index contributed by atoms with van der Waals surface area (Å²) in [5.41, 5.74) is 2.05. The highest BCUT2D eigenvalue weighted by atomic mass is 16.5. The van der Waals surface area contributed by atoms with Crippen LogP contribution in [0.2, 0.25) is 0 Å². The first-order valence-electron chi connectivity index (χ1n) is 10.1. The predicted molar refractivity (Wildman–Crippen MR) is 107 cm³/mol. The molecule has 5 rings (SSSR count). The standard InChI is InChI=1S/C22H25N5O/c1-2-6-16(7-3-1)15-27-22(25-21(26-27)18-8-4-5-11-23-18)17-9-10-20-19(14-17)24-12-13-28-20/h1-8,11,17,19-20,24H,9-10,12-15H2/t17-,19+,20+/m0/s1. The van der Waals surface area contributed by atoms with Crippen molar-refractivity contribution in [1.82, 2.24) is 25.1 Å². The number of aromatic nitrogens is 4. The van der Waals surface area contributed by atoms with Crippen LogP contribution in [-0.2, 0) is 11.3 Å². The van der Waals surface area contributed by atoms with Crippen molar-refractivity contribution in [3.63, 3.8) is 0 Å². The molecule has 0 radical (unpaired) electrons. The van der Waals surface area contributed by atoms with Crippen molar-refractivity contribution in [2.45, 2.75) is 43.9 Å². The van der Waals surface area contributed by atoms with Crippen LogP contribution < -0.4 is 5.32 Å². The highest BCUT2D eigenvalue weighted by Crippen LogP contribution is 2.35. The number of rotatable bonds is 4. The molecule has 0 bridgehead atoms. The van der Waals surface area contributed by atoms with Gasteiger partial charge in [-0.3, -0.25) is 4.98 Å². The van der Waals surface area contributed by atoms with E-state index in [0.717, 1.165) is 50.5 Å². The Labute approximate surface area is 165 Å². The number of nitrogens with one attached hydrogen (secondary N) is 1. The monoisotopic (exact) mass is 375 g/mol. The Morgan fingerprint density at radius 1 is 1.07 bits per heavy atom. The lowest BCUT2D eigenvalue weighted by Gasteiger charge is -2.39. The maximum absolute atomic E-state index is 5.95. The molecule has 1 saturated heterocycles. The number of nitrogens with zero attached hydrogens (tertiary/aromatic N) is 4. The minimum atomic E-state index is 0.339. The molecule has 144 valence electrons. The third kappa shape index (κ3) is 3.57. The third-order valence-electron chi connectivity index (χ3n) is 5.76. The molecule has 1 N–H and O–H groups in total. The van der Waals surface area contributed by atoms with E-state index in [4.69, 9.17) is 14.8 Å². The van der Waals surface area contributed by atoms with E-state index < -0.39 is 0 Å². The first-order valence-corrected chi connectivity index (χ1v) is 10.1. The summed E-state index contributed by atoms with van der Waals surface area (Å²) >= 11 is 0.